The normalized spacial score (nSPS) is 11.3. The molecule has 0 radical (unpaired) electrons. The Morgan fingerprint density at radius 2 is 1.92 bits per heavy atom. The largest absolute Gasteiger partial charge is 0.475 e. The van der Waals surface area contributed by atoms with Gasteiger partial charge in [0.1, 0.15) is 17.2 Å². The maximum Gasteiger partial charge on any atom is 0.350 e. The lowest BCUT2D eigenvalue weighted by molar-refractivity contribution is -0.385. The van der Waals surface area contributed by atoms with Crippen LogP contribution in [0.25, 0.3) is 0 Å². The lowest BCUT2D eigenvalue weighted by Crippen LogP contribution is -2.46. The Morgan fingerprint density at radius 1 is 1.28 bits per heavy atom. The maximum atomic E-state index is 12.9. The Balaban J connectivity index is 2.16. The van der Waals surface area contributed by atoms with E-state index in [2.05, 4.69) is 21.3 Å². The van der Waals surface area contributed by atoms with Gasteiger partial charge in [-0.25, -0.2) is 9.48 Å². The molecule has 2 aromatic heterocycles. The first kappa shape index (κ1) is 28.4. The third-order valence-corrected chi connectivity index (χ3v) is 6.55. The van der Waals surface area contributed by atoms with Crippen molar-refractivity contribution in [1.29, 1.82) is 0 Å². The number of carbonyl (C=O) groups excluding carboxylic acids is 3. The first-order chi connectivity index (χ1) is 17.0. The summed E-state index contributed by atoms with van der Waals surface area (Å²) in [6.45, 7) is 7.81. The number of carbonyl (C=O) groups is 3. The van der Waals surface area contributed by atoms with E-state index in [0.29, 0.717) is 23.5 Å². The first-order valence-corrected chi connectivity index (χ1v) is 11.9. The van der Waals surface area contributed by atoms with Crippen LogP contribution in [0.4, 0.5) is 10.7 Å². The van der Waals surface area contributed by atoms with Crippen LogP contribution in [0.2, 0.25) is 0 Å². The second kappa shape index (κ2) is 12.3. The molecule has 0 aliphatic heterocycles. The number of anilines is 1. The van der Waals surface area contributed by atoms with Gasteiger partial charge in [-0.1, -0.05) is 0 Å². The highest BCUT2D eigenvalue weighted by molar-refractivity contribution is 7.80. The lowest BCUT2D eigenvalue weighted by Gasteiger charge is -2.18. The van der Waals surface area contributed by atoms with Crippen molar-refractivity contribution in [2.45, 2.75) is 33.7 Å². The second-order valence-electron chi connectivity index (χ2n) is 7.23. The molecular weight excluding hydrogens is 514 g/mol. The van der Waals surface area contributed by atoms with Gasteiger partial charge in [-0.15, -0.1) is 16.4 Å². The Morgan fingerprint density at radius 3 is 2.42 bits per heavy atom. The number of nitro groups is 1. The number of aromatic nitrogens is 2. The molecule has 36 heavy (non-hydrogen) atoms. The summed E-state index contributed by atoms with van der Waals surface area (Å²) >= 11 is 6.26. The number of thiocarbonyl (C=S) groups is 1. The fraction of sp³-hybridized carbons (Fsp3) is 0.450. The smallest absolute Gasteiger partial charge is 0.350 e. The van der Waals surface area contributed by atoms with E-state index < -0.39 is 22.8 Å². The van der Waals surface area contributed by atoms with Crippen LogP contribution < -0.4 is 20.9 Å². The molecule has 16 heteroatoms. The molecule has 0 aromatic carbocycles. The number of ether oxygens (including phenoxy) is 2. The monoisotopic (exact) mass is 541 g/mol. The molecule has 0 spiro atoms. The van der Waals surface area contributed by atoms with Crippen LogP contribution in [0.5, 0.6) is 5.88 Å². The molecule has 2 aromatic rings. The number of nitrogens with one attached hydrogen (secondary N) is 3. The molecule has 196 valence electrons. The van der Waals surface area contributed by atoms with E-state index in [1.165, 1.54) is 21.1 Å². The van der Waals surface area contributed by atoms with Crippen molar-refractivity contribution in [2.75, 3.05) is 32.6 Å². The summed E-state index contributed by atoms with van der Waals surface area (Å²) in [4.78, 5) is 50.2. The zero-order valence-corrected chi connectivity index (χ0v) is 22.2. The summed E-state index contributed by atoms with van der Waals surface area (Å²) < 4.78 is 10.8. The van der Waals surface area contributed by atoms with Gasteiger partial charge in [-0.05, 0) is 45.5 Å². The number of methoxy groups -OCH3 is 2. The SMILES string of the molecule is CCN(CC)C(=O)c1sc(NC(=S)NNC(=O)[C@H](C)n2cc([N+](=O)[O-])c(OC)n2)c(C(=O)OC)c1C. The summed E-state index contributed by atoms with van der Waals surface area (Å²) in [5.74, 6) is -1.74. The average Bonchev–Trinajstić information content (AvgIpc) is 3.43. The molecule has 2 amide bonds. The van der Waals surface area contributed by atoms with Gasteiger partial charge in [0, 0.05) is 13.1 Å². The number of thiophene rings is 1. The Bertz CT molecular complexity index is 1170. The van der Waals surface area contributed by atoms with Crippen LogP contribution in [-0.4, -0.2) is 69.8 Å². The van der Waals surface area contributed by atoms with E-state index in [0.717, 1.165) is 22.2 Å². The topological polar surface area (TPSA) is 170 Å². The quantitative estimate of drug-likeness (QED) is 0.184. The van der Waals surface area contributed by atoms with Gasteiger partial charge in [0.25, 0.3) is 11.8 Å². The molecule has 2 heterocycles. The van der Waals surface area contributed by atoms with Gasteiger partial charge < -0.3 is 19.7 Å². The van der Waals surface area contributed by atoms with E-state index in [-0.39, 0.29) is 33.2 Å². The Labute approximate surface area is 216 Å². The highest BCUT2D eigenvalue weighted by Gasteiger charge is 2.28. The summed E-state index contributed by atoms with van der Waals surface area (Å²) in [6, 6.07) is -0.962. The number of nitrogens with zero attached hydrogens (tertiary/aromatic N) is 4. The third-order valence-electron chi connectivity index (χ3n) is 5.15. The van der Waals surface area contributed by atoms with E-state index in [1.54, 1.807) is 11.8 Å². The van der Waals surface area contributed by atoms with Crippen LogP contribution >= 0.6 is 23.6 Å². The number of hydrogen-bond donors (Lipinski definition) is 3. The predicted octanol–water partition coefficient (Wildman–Crippen LogP) is 2.02. The Hall–Kier alpha value is -3.79. The third kappa shape index (κ3) is 6.06. The van der Waals surface area contributed by atoms with E-state index in [1.807, 2.05) is 13.8 Å². The molecule has 0 saturated carbocycles. The number of amides is 2. The van der Waals surface area contributed by atoms with Crippen LogP contribution in [0.3, 0.4) is 0 Å². The number of esters is 1. The van der Waals surface area contributed by atoms with Gasteiger partial charge in [0.05, 0.1) is 29.6 Å². The summed E-state index contributed by atoms with van der Waals surface area (Å²) in [5.41, 5.74) is 5.08. The summed E-state index contributed by atoms with van der Waals surface area (Å²) in [6.07, 6.45) is 1.07. The van der Waals surface area contributed by atoms with Crippen molar-refractivity contribution in [2.24, 2.45) is 0 Å². The minimum absolute atomic E-state index is 0.0761. The van der Waals surface area contributed by atoms with Gasteiger partial charge in [-0.3, -0.25) is 30.6 Å². The molecular formula is C20H27N7O7S2. The minimum atomic E-state index is -0.962. The van der Waals surface area contributed by atoms with Crippen LogP contribution in [-0.2, 0) is 9.53 Å². The van der Waals surface area contributed by atoms with Gasteiger partial charge in [0.15, 0.2) is 5.11 Å². The number of rotatable bonds is 9. The van der Waals surface area contributed by atoms with Crippen LogP contribution in [0, 0.1) is 17.0 Å². The van der Waals surface area contributed by atoms with Crippen molar-refractivity contribution in [3.63, 3.8) is 0 Å². The molecule has 0 aliphatic rings. The zero-order chi connectivity index (χ0) is 27.2. The molecule has 1 atom stereocenters. The molecule has 0 fully saturated rings. The molecule has 0 aliphatic carbocycles. The van der Waals surface area contributed by atoms with Crippen LogP contribution in [0.1, 0.15) is 52.4 Å². The second-order valence-corrected chi connectivity index (χ2v) is 8.66. The van der Waals surface area contributed by atoms with Crippen molar-refractivity contribution < 1.29 is 28.8 Å². The van der Waals surface area contributed by atoms with Gasteiger partial charge in [0.2, 0.25) is 0 Å². The number of hydrazine groups is 1. The molecule has 3 N–H and O–H groups in total. The number of hydrogen-bond acceptors (Lipinski definition) is 10. The summed E-state index contributed by atoms with van der Waals surface area (Å²) in [5, 5.41) is 18.0. The first-order valence-electron chi connectivity index (χ1n) is 10.7. The zero-order valence-electron chi connectivity index (χ0n) is 20.5. The van der Waals surface area contributed by atoms with Crippen molar-refractivity contribution in [3.8, 4) is 5.88 Å². The summed E-state index contributed by atoms with van der Waals surface area (Å²) in [7, 11) is 2.45. The highest BCUT2D eigenvalue weighted by Crippen LogP contribution is 2.34. The predicted molar refractivity (Wildman–Crippen MR) is 135 cm³/mol. The fourth-order valence-electron chi connectivity index (χ4n) is 3.12. The lowest BCUT2D eigenvalue weighted by atomic mass is 10.1. The standard InChI is InChI=1S/C20H27N7O7S2/c1-7-25(8-2)18(29)14-10(3)13(19(30)34-6)17(36-14)21-20(35)23-22-15(28)11(4)26-9-12(27(31)32)16(24-26)33-5/h9,11H,7-8H2,1-6H3,(H,22,28)(H2,21,23,35)/t11-/m0/s1. The van der Waals surface area contributed by atoms with Gasteiger partial charge >= 0.3 is 17.5 Å². The van der Waals surface area contributed by atoms with Gasteiger partial charge in [-0.2, -0.15) is 0 Å². The molecule has 0 saturated heterocycles. The van der Waals surface area contributed by atoms with Crippen molar-refractivity contribution >= 4 is 57.1 Å². The Kier molecular flexibility index (Phi) is 9.68. The molecule has 14 nitrogen and oxygen atoms in total. The van der Waals surface area contributed by atoms with Crippen molar-refractivity contribution in [1.82, 2.24) is 25.5 Å². The van der Waals surface area contributed by atoms with E-state index >= 15 is 0 Å². The molecule has 0 bridgehead atoms. The molecule has 0 unspecified atom stereocenters. The van der Waals surface area contributed by atoms with Crippen LogP contribution in [0.15, 0.2) is 6.20 Å². The maximum absolute atomic E-state index is 12.9. The minimum Gasteiger partial charge on any atom is -0.475 e. The highest BCUT2D eigenvalue weighted by atomic mass is 32.1. The van der Waals surface area contributed by atoms with E-state index in [9.17, 15) is 24.5 Å². The van der Waals surface area contributed by atoms with E-state index in [4.69, 9.17) is 21.7 Å². The fourth-order valence-corrected chi connectivity index (χ4v) is 4.50. The van der Waals surface area contributed by atoms with Crippen molar-refractivity contribution in [3.05, 3.63) is 32.3 Å². The molecule has 2 rings (SSSR count). The average molecular weight is 542 g/mol.